The zero-order chi connectivity index (χ0) is 12.4. The van der Waals surface area contributed by atoms with Gasteiger partial charge >= 0.3 is 0 Å². The van der Waals surface area contributed by atoms with E-state index in [2.05, 4.69) is 31.4 Å². The second kappa shape index (κ2) is 4.67. The molecule has 2 N–H and O–H groups in total. The first-order valence-corrected chi connectivity index (χ1v) is 5.63. The van der Waals surface area contributed by atoms with E-state index in [1.165, 1.54) is 24.4 Å². The Labute approximate surface area is 105 Å². The number of aromatic nitrogens is 2. The number of carbonyl (C=O) groups is 1. The number of H-pyrrole nitrogens is 1. The van der Waals surface area contributed by atoms with Crippen LogP contribution in [0.15, 0.2) is 28.9 Å². The second-order valence-electron chi connectivity index (χ2n) is 3.51. The first kappa shape index (κ1) is 11.8. The molecular formula is C11H9BrFN3O. The zero-order valence-electron chi connectivity index (χ0n) is 8.92. The average Bonchev–Trinajstić information content (AvgIpc) is 2.68. The highest BCUT2D eigenvalue weighted by molar-refractivity contribution is 9.10. The molecule has 0 bridgehead atoms. The maximum atomic E-state index is 12.9. The van der Waals surface area contributed by atoms with E-state index >= 15 is 0 Å². The molecule has 0 atom stereocenters. The van der Waals surface area contributed by atoms with Crippen LogP contribution in [0.25, 0.3) is 0 Å². The van der Waals surface area contributed by atoms with Crippen molar-refractivity contribution in [3.63, 3.8) is 0 Å². The molecule has 2 rings (SSSR count). The molecule has 0 fully saturated rings. The Morgan fingerprint density at radius 3 is 2.88 bits per heavy atom. The van der Waals surface area contributed by atoms with Crippen LogP contribution in [0, 0.1) is 12.7 Å². The van der Waals surface area contributed by atoms with Crippen molar-refractivity contribution < 1.29 is 9.18 Å². The smallest absolute Gasteiger partial charge is 0.274 e. The number of rotatable bonds is 2. The van der Waals surface area contributed by atoms with Gasteiger partial charge in [-0.2, -0.15) is 5.10 Å². The number of aromatic amines is 1. The van der Waals surface area contributed by atoms with Crippen LogP contribution in [0.4, 0.5) is 10.1 Å². The number of hydrogen-bond acceptors (Lipinski definition) is 2. The Morgan fingerprint density at radius 1 is 1.53 bits per heavy atom. The van der Waals surface area contributed by atoms with E-state index in [-0.39, 0.29) is 11.7 Å². The quantitative estimate of drug-likeness (QED) is 0.895. The standard InChI is InChI=1S/C11H9BrFN3O/c1-6-4-7(13)2-3-9(6)15-11(17)10-8(12)5-14-16-10/h2-5H,1H3,(H,14,16)(H,15,17). The first-order valence-electron chi connectivity index (χ1n) is 4.84. The van der Waals surface area contributed by atoms with Crippen molar-refractivity contribution in [3.05, 3.63) is 45.9 Å². The lowest BCUT2D eigenvalue weighted by Crippen LogP contribution is -2.13. The predicted molar refractivity (Wildman–Crippen MR) is 65.4 cm³/mol. The fourth-order valence-electron chi connectivity index (χ4n) is 1.38. The lowest BCUT2D eigenvalue weighted by molar-refractivity contribution is 0.102. The molecule has 0 saturated heterocycles. The molecule has 0 aliphatic rings. The fraction of sp³-hybridized carbons (Fsp3) is 0.0909. The number of nitrogens with one attached hydrogen (secondary N) is 2. The van der Waals surface area contributed by atoms with Gasteiger partial charge in [0.05, 0.1) is 10.7 Å². The Kier molecular flexibility index (Phi) is 3.23. The van der Waals surface area contributed by atoms with E-state index in [1.807, 2.05) is 0 Å². The average molecular weight is 298 g/mol. The third kappa shape index (κ3) is 2.52. The van der Waals surface area contributed by atoms with Gasteiger partial charge in [-0.05, 0) is 46.6 Å². The van der Waals surface area contributed by atoms with Gasteiger partial charge < -0.3 is 5.32 Å². The van der Waals surface area contributed by atoms with Gasteiger partial charge in [0.2, 0.25) is 0 Å². The van der Waals surface area contributed by atoms with Gasteiger partial charge in [-0.1, -0.05) is 0 Å². The summed E-state index contributed by atoms with van der Waals surface area (Å²) in [4.78, 5) is 11.8. The summed E-state index contributed by atoms with van der Waals surface area (Å²) in [5.74, 6) is -0.660. The predicted octanol–water partition coefficient (Wildman–Crippen LogP) is 2.87. The lowest BCUT2D eigenvalue weighted by atomic mass is 10.2. The number of benzene rings is 1. The van der Waals surface area contributed by atoms with Gasteiger partial charge in [-0.3, -0.25) is 9.89 Å². The summed E-state index contributed by atoms with van der Waals surface area (Å²) in [6.45, 7) is 1.72. The van der Waals surface area contributed by atoms with E-state index in [4.69, 9.17) is 0 Å². The maximum absolute atomic E-state index is 12.9. The van der Waals surface area contributed by atoms with Crippen LogP contribution < -0.4 is 5.32 Å². The topological polar surface area (TPSA) is 57.8 Å². The van der Waals surface area contributed by atoms with Crippen molar-refractivity contribution in [2.75, 3.05) is 5.32 Å². The van der Waals surface area contributed by atoms with Crippen molar-refractivity contribution in [1.29, 1.82) is 0 Å². The van der Waals surface area contributed by atoms with Gasteiger partial charge in [-0.25, -0.2) is 4.39 Å². The summed E-state index contributed by atoms with van der Waals surface area (Å²) in [5.41, 5.74) is 1.56. The summed E-state index contributed by atoms with van der Waals surface area (Å²) < 4.78 is 13.5. The van der Waals surface area contributed by atoms with Crippen LogP contribution in [-0.4, -0.2) is 16.1 Å². The van der Waals surface area contributed by atoms with Gasteiger partial charge in [-0.15, -0.1) is 0 Å². The summed E-state index contributed by atoms with van der Waals surface area (Å²) >= 11 is 3.20. The number of nitrogens with zero attached hydrogens (tertiary/aromatic N) is 1. The number of anilines is 1. The Bertz CT molecular complexity index is 568. The van der Waals surface area contributed by atoms with Crippen molar-refractivity contribution in [2.24, 2.45) is 0 Å². The minimum Gasteiger partial charge on any atom is -0.320 e. The van der Waals surface area contributed by atoms with Crippen LogP contribution in [0.3, 0.4) is 0 Å². The SMILES string of the molecule is Cc1cc(F)ccc1NC(=O)c1[nH]ncc1Br. The van der Waals surface area contributed by atoms with E-state index in [9.17, 15) is 9.18 Å². The van der Waals surface area contributed by atoms with Crippen molar-refractivity contribution in [2.45, 2.75) is 6.92 Å². The molecule has 0 saturated carbocycles. The molecule has 0 aliphatic heterocycles. The number of aryl methyl sites for hydroxylation is 1. The Hall–Kier alpha value is -1.69. The molecule has 1 amide bonds. The number of halogens is 2. The van der Waals surface area contributed by atoms with Gasteiger partial charge in [0.1, 0.15) is 11.5 Å². The largest absolute Gasteiger partial charge is 0.320 e. The highest BCUT2D eigenvalue weighted by atomic mass is 79.9. The third-order valence-electron chi connectivity index (χ3n) is 2.26. The monoisotopic (exact) mass is 297 g/mol. The molecule has 4 nitrogen and oxygen atoms in total. The van der Waals surface area contributed by atoms with Crippen LogP contribution in [0.1, 0.15) is 16.1 Å². The Balaban J connectivity index is 2.22. The van der Waals surface area contributed by atoms with E-state index in [0.29, 0.717) is 21.4 Å². The molecule has 0 aliphatic carbocycles. The van der Waals surface area contributed by atoms with Crippen LogP contribution in [0.2, 0.25) is 0 Å². The van der Waals surface area contributed by atoms with E-state index in [1.54, 1.807) is 6.92 Å². The molecular weight excluding hydrogens is 289 g/mol. The van der Waals surface area contributed by atoms with Gasteiger partial charge in [0.15, 0.2) is 0 Å². The molecule has 0 spiro atoms. The van der Waals surface area contributed by atoms with Gasteiger partial charge in [0, 0.05) is 5.69 Å². The molecule has 17 heavy (non-hydrogen) atoms. The first-order chi connectivity index (χ1) is 8.08. The summed E-state index contributed by atoms with van der Waals surface area (Å²) in [7, 11) is 0. The fourth-order valence-corrected chi connectivity index (χ4v) is 1.75. The molecule has 0 unspecified atom stereocenters. The van der Waals surface area contributed by atoms with E-state index < -0.39 is 0 Å². The molecule has 1 aromatic carbocycles. The number of hydrogen-bond donors (Lipinski definition) is 2. The van der Waals surface area contributed by atoms with E-state index in [0.717, 1.165) is 0 Å². The van der Waals surface area contributed by atoms with Crippen LogP contribution >= 0.6 is 15.9 Å². The lowest BCUT2D eigenvalue weighted by Gasteiger charge is -2.07. The van der Waals surface area contributed by atoms with Crippen LogP contribution in [-0.2, 0) is 0 Å². The molecule has 88 valence electrons. The highest BCUT2D eigenvalue weighted by Crippen LogP contribution is 2.18. The second-order valence-corrected chi connectivity index (χ2v) is 4.36. The normalized spacial score (nSPS) is 10.3. The van der Waals surface area contributed by atoms with Crippen LogP contribution in [0.5, 0.6) is 0 Å². The minimum atomic E-state index is -0.330. The molecule has 1 heterocycles. The van der Waals surface area contributed by atoms with Gasteiger partial charge in [0.25, 0.3) is 5.91 Å². The molecule has 2 aromatic rings. The van der Waals surface area contributed by atoms with Crippen molar-refractivity contribution in [1.82, 2.24) is 10.2 Å². The molecule has 6 heteroatoms. The maximum Gasteiger partial charge on any atom is 0.274 e. The summed E-state index contributed by atoms with van der Waals surface area (Å²) in [6, 6.07) is 4.18. The minimum absolute atomic E-state index is 0.328. The highest BCUT2D eigenvalue weighted by Gasteiger charge is 2.13. The summed E-state index contributed by atoms with van der Waals surface area (Å²) in [5, 5.41) is 8.98. The Morgan fingerprint density at radius 2 is 2.29 bits per heavy atom. The zero-order valence-corrected chi connectivity index (χ0v) is 10.5. The number of carbonyl (C=O) groups excluding carboxylic acids is 1. The van der Waals surface area contributed by atoms with Crippen molar-refractivity contribution in [3.8, 4) is 0 Å². The molecule has 1 aromatic heterocycles. The molecule has 0 radical (unpaired) electrons. The number of amides is 1. The third-order valence-corrected chi connectivity index (χ3v) is 2.86. The van der Waals surface area contributed by atoms with Crippen molar-refractivity contribution >= 4 is 27.5 Å². The summed E-state index contributed by atoms with van der Waals surface area (Å²) in [6.07, 6.45) is 1.49.